The number of alkyl carbamates (subject to hydrolysis) is 1. The van der Waals surface area contributed by atoms with Crippen molar-refractivity contribution in [2.75, 3.05) is 26.8 Å². The maximum absolute atomic E-state index is 13.7. The number of rotatable bonds is 14. The van der Waals surface area contributed by atoms with Gasteiger partial charge in [0.25, 0.3) is 0 Å². The molecule has 11 nitrogen and oxygen atoms in total. The molecule has 1 aromatic rings. The second kappa shape index (κ2) is 15.7. The molecule has 2 unspecified atom stereocenters. The van der Waals surface area contributed by atoms with Crippen LogP contribution in [-0.2, 0) is 23.9 Å². The molecule has 0 fully saturated rings. The lowest BCUT2D eigenvalue weighted by Crippen LogP contribution is -2.54. The molecule has 0 aliphatic heterocycles. The summed E-state index contributed by atoms with van der Waals surface area (Å²) >= 11 is 0. The van der Waals surface area contributed by atoms with Crippen molar-refractivity contribution in [1.29, 1.82) is 0 Å². The summed E-state index contributed by atoms with van der Waals surface area (Å²) in [5.74, 6) is -2.40. The summed E-state index contributed by atoms with van der Waals surface area (Å²) in [5, 5.41) is 25.3. The Kier molecular flexibility index (Phi) is 13.4. The summed E-state index contributed by atoms with van der Waals surface area (Å²) in [6.07, 6.45) is 3.36. The van der Waals surface area contributed by atoms with Gasteiger partial charge >= 0.3 is 12.1 Å². The number of hydrogen-bond acceptors (Lipinski definition) is 8. The van der Waals surface area contributed by atoms with E-state index in [0.29, 0.717) is 6.42 Å². The maximum atomic E-state index is 13.7. The minimum Gasteiger partial charge on any atom is -0.508 e. The number of esters is 1. The molecule has 0 saturated heterocycles. The standard InChI is InChI=1S/C26H41N3O8/c1-6-7-8-9-12-15-29(24(34)19(17-30)28-25(35)37-26(2,3)4)22(18-13-10-11-14-20(18)31)23(33)27-16-21(32)36-5/h10-11,13-14,19,22,30-31H,6-9,12,15-17H2,1-5H3,(H,27,33)(H,28,35). The lowest BCUT2D eigenvalue weighted by molar-refractivity contribution is -0.145. The molecule has 2 atom stereocenters. The summed E-state index contributed by atoms with van der Waals surface area (Å²) in [5.41, 5.74) is -0.709. The highest BCUT2D eigenvalue weighted by atomic mass is 16.6. The summed E-state index contributed by atoms with van der Waals surface area (Å²) in [7, 11) is 1.18. The number of aromatic hydroxyl groups is 1. The molecule has 0 radical (unpaired) electrons. The predicted octanol–water partition coefficient (Wildman–Crippen LogP) is 2.41. The molecule has 0 aliphatic carbocycles. The third-order valence-electron chi connectivity index (χ3n) is 5.38. The Morgan fingerprint density at radius 2 is 1.70 bits per heavy atom. The van der Waals surface area contributed by atoms with Crippen molar-refractivity contribution in [1.82, 2.24) is 15.5 Å². The zero-order valence-electron chi connectivity index (χ0n) is 22.4. The van der Waals surface area contributed by atoms with Gasteiger partial charge in [0.1, 0.15) is 30.0 Å². The van der Waals surface area contributed by atoms with Crippen molar-refractivity contribution >= 4 is 23.9 Å². The van der Waals surface area contributed by atoms with E-state index in [4.69, 9.17) is 4.74 Å². The van der Waals surface area contributed by atoms with Crippen LogP contribution in [0, 0.1) is 0 Å². The third-order valence-corrected chi connectivity index (χ3v) is 5.38. The van der Waals surface area contributed by atoms with Gasteiger partial charge in [-0.3, -0.25) is 14.4 Å². The van der Waals surface area contributed by atoms with E-state index >= 15 is 0 Å². The van der Waals surface area contributed by atoms with E-state index in [2.05, 4.69) is 22.3 Å². The fourth-order valence-electron chi connectivity index (χ4n) is 3.59. The first-order valence-electron chi connectivity index (χ1n) is 12.5. The Bertz CT molecular complexity index is 900. The molecule has 3 amide bonds. The molecule has 0 aromatic heterocycles. The SMILES string of the molecule is CCCCCCCN(C(=O)C(CO)NC(=O)OC(C)(C)C)C(C(=O)NCC(=O)OC)c1ccccc1O. The summed E-state index contributed by atoms with van der Waals surface area (Å²) < 4.78 is 9.79. The Hall–Kier alpha value is -3.34. The van der Waals surface area contributed by atoms with Crippen LogP contribution in [0.15, 0.2) is 24.3 Å². The average Bonchev–Trinajstić information content (AvgIpc) is 2.84. The number of carbonyl (C=O) groups excluding carboxylic acids is 4. The van der Waals surface area contributed by atoms with Crippen LogP contribution in [0.1, 0.15) is 71.4 Å². The smallest absolute Gasteiger partial charge is 0.408 e. The van der Waals surface area contributed by atoms with E-state index in [1.807, 2.05) is 0 Å². The first-order chi connectivity index (χ1) is 17.4. The minimum absolute atomic E-state index is 0.0969. The van der Waals surface area contributed by atoms with Crippen LogP contribution in [0.25, 0.3) is 0 Å². The number of ether oxygens (including phenoxy) is 2. The molecule has 1 rings (SSSR count). The van der Waals surface area contributed by atoms with Crippen LogP contribution in [0.5, 0.6) is 5.75 Å². The van der Waals surface area contributed by atoms with Crippen LogP contribution in [-0.4, -0.2) is 77.4 Å². The second-order valence-electron chi connectivity index (χ2n) is 9.58. The van der Waals surface area contributed by atoms with Crippen LogP contribution < -0.4 is 10.6 Å². The van der Waals surface area contributed by atoms with Crippen molar-refractivity contribution < 1.29 is 38.9 Å². The number of hydrogen-bond donors (Lipinski definition) is 4. The molecule has 0 heterocycles. The Labute approximate surface area is 218 Å². The van der Waals surface area contributed by atoms with E-state index in [-0.39, 0.29) is 17.9 Å². The van der Waals surface area contributed by atoms with Gasteiger partial charge in [-0.25, -0.2) is 4.79 Å². The van der Waals surface area contributed by atoms with Gasteiger partial charge in [0.15, 0.2) is 0 Å². The molecule has 0 aliphatic rings. The fourth-order valence-corrected chi connectivity index (χ4v) is 3.59. The largest absolute Gasteiger partial charge is 0.508 e. The Morgan fingerprint density at radius 3 is 2.27 bits per heavy atom. The zero-order chi connectivity index (χ0) is 28.0. The molecule has 1 aromatic carbocycles. The van der Waals surface area contributed by atoms with Gasteiger partial charge in [0, 0.05) is 12.1 Å². The summed E-state index contributed by atoms with van der Waals surface area (Å²) in [4.78, 5) is 52.2. The number of methoxy groups -OCH3 is 1. The van der Waals surface area contributed by atoms with E-state index in [0.717, 1.165) is 25.7 Å². The lowest BCUT2D eigenvalue weighted by atomic mass is 10.0. The minimum atomic E-state index is -1.41. The molecular weight excluding hydrogens is 482 g/mol. The van der Waals surface area contributed by atoms with E-state index in [1.165, 1.54) is 24.1 Å². The lowest BCUT2D eigenvalue weighted by Gasteiger charge is -2.34. The van der Waals surface area contributed by atoms with E-state index < -0.39 is 54.7 Å². The van der Waals surface area contributed by atoms with Crippen molar-refractivity contribution in [3.8, 4) is 5.75 Å². The topological polar surface area (TPSA) is 154 Å². The number of para-hydroxylation sites is 1. The van der Waals surface area contributed by atoms with Crippen molar-refractivity contribution in [3.05, 3.63) is 29.8 Å². The fraction of sp³-hybridized carbons (Fsp3) is 0.615. The molecule has 0 spiro atoms. The normalized spacial score (nSPS) is 12.7. The van der Waals surface area contributed by atoms with Crippen molar-refractivity contribution in [2.24, 2.45) is 0 Å². The number of phenols is 1. The molecular formula is C26H41N3O8. The van der Waals surface area contributed by atoms with Gasteiger partial charge in [-0.1, -0.05) is 50.8 Å². The van der Waals surface area contributed by atoms with Crippen LogP contribution in [0.3, 0.4) is 0 Å². The van der Waals surface area contributed by atoms with Gasteiger partial charge < -0.3 is 35.2 Å². The van der Waals surface area contributed by atoms with Crippen LogP contribution in [0.2, 0.25) is 0 Å². The van der Waals surface area contributed by atoms with Gasteiger partial charge in [0.2, 0.25) is 11.8 Å². The van der Waals surface area contributed by atoms with E-state index in [1.54, 1.807) is 32.9 Å². The first kappa shape index (κ1) is 31.7. The van der Waals surface area contributed by atoms with E-state index in [9.17, 15) is 29.4 Å². The number of nitrogens with zero attached hydrogens (tertiary/aromatic N) is 1. The summed E-state index contributed by atoms with van der Waals surface area (Å²) in [6, 6.07) is 3.28. The Morgan fingerprint density at radius 1 is 1.05 bits per heavy atom. The highest BCUT2D eigenvalue weighted by molar-refractivity contribution is 5.93. The number of aliphatic hydroxyl groups is 1. The quantitative estimate of drug-likeness (QED) is 0.214. The van der Waals surface area contributed by atoms with Gasteiger partial charge in [-0.15, -0.1) is 0 Å². The van der Waals surface area contributed by atoms with Gasteiger partial charge in [-0.05, 0) is 33.3 Å². The zero-order valence-corrected chi connectivity index (χ0v) is 22.4. The molecule has 4 N–H and O–H groups in total. The van der Waals surface area contributed by atoms with Crippen LogP contribution in [0.4, 0.5) is 4.79 Å². The monoisotopic (exact) mass is 523 g/mol. The number of unbranched alkanes of at least 4 members (excludes halogenated alkanes) is 4. The Balaban J connectivity index is 3.37. The molecule has 0 bridgehead atoms. The molecule has 208 valence electrons. The number of carbonyl (C=O) groups is 4. The number of aliphatic hydroxyl groups excluding tert-OH is 1. The number of phenolic OH excluding ortho intramolecular Hbond substituents is 1. The third kappa shape index (κ3) is 11.1. The predicted molar refractivity (Wildman–Crippen MR) is 137 cm³/mol. The van der Waals surface area contributed by atoms with Gasteiger partial charge in [0.05, 0.1) is 13.7 Å². The highest BCUT2D eigenvalue weighted by Gasteiger charge is 2.37. The van der Waals surface area contributed by atoms with Crippen molar-refractivity contribution in [2.45, 2.75) is 77.5 Å². The van der Waals surface area contributed by atoms with Crippen molar-refractivity contribution in [3.63, 3.8) is 0 Å². The molecule has 37 heavy (non-hydrogen) atoms. The molecule has 11 heteroatoms. The average molecular weight is 524 g/mol. The number of amides is 3. The second-order valence-corrected chi connectivity index (χ2v) is 9.58. The first-order valence-corrected chi connectivity index (χ1v) is 12.5. The summed E-state index contributed by atoms with van der Waals surface area (Å²) in [6.45, 7) is 5.95. The molecule has 0 saturated carbocycles. The number of nitrogens with one attached hydrogen (secondary N) is 2. The van der Waals surface area contributed by atoms with Gasteiger partial charge in [-0.2, -0.15) is 0 Å². The highest BCUT2D eigenvalue weighted by Crippen LogP contribution is 2.30. The van der Waals surface area contributed by atoms with Crippen LogP contribution >= 0.6 is 0 Å². The maximum Gasteiger partial charge on any atom is 0.408 e. The number of benzene rings is 1.